The summed E-state index contributed by atoms with van der Waals surface area (Å²) in [6.07, 6.45) is 2.11. The van der Waals surface area contributed by atoms with E-state index in [1.54, 1.807) is 12.1 Å². The minimum Gasteiger partial charge on any atom is -0.352 e. The molecule has 0 saturated carbocycles. The highest BCUT2D eigenvalue weighted by Crippen LogP contribution is 2.25. The zero-order valence-corrected chi connectivity index (χ0v) is 12.4. The number of benzene rings is 1. The van der Waals surface area contributed by atoms with E-state index in [0.717, 1.165) is 17.3 Å². The number of carbonyl (C=O) groups is 1. The minimum absolute atomic E-state index is 0.111. The lowest BCUT2D eigenvalue weighted by atomic mass is 10.1. The molecule has 0 spiro atoms. The van der Waals surface area contributed by atoms with Gasteiger partial charge in [-0.25, -0.2) is 0 Å². The van der Waals surface area contributed by atoms with Gasteiger partial charge in [0.15, 0.2) is 0 Å². The van der Waals surface area contributed by atoms with Gasteiger partial charge in [-0.3, -0.25) is 4.79 Å². The van der Waals surface area contributed by atoms with E-state index in [2.05, 4.69) is 35.1 Å². The molecule has 1 amide bonds. The van der Waals surface area contributed by atoms with E-state index in [1.165, 1.54) is 0 Å². The summed E-state index contributed by atoms with van der Waals surface area (Å²) in [5.41, 5.74) is 0.519. The van der Waals surface area contributed by atoms with E-state index in [-0.39, 0.29) is 5.91 Å². The van der Waals surface area contributed by atoms with Crippen LogP contribution in [0, 0.1) is 5.92 Å². The largest absolute Gasteiger partial charge is 0.352 e. The first-order chi connectivity index (χ1) is 8.02. The van der Waals surface area contributed by atoms with Crippen molar-refractivity contribution in [2.75, 3.05) is 6.54 Å². The molecule has 0 aliphatic heterocycles. The highest BCUT2D eigenvalue weighted by atomic mass is 79.9. The lowest BCUT2D eigenvalue weighted by molar-refractivity contribution is 0.0952. The zero-order chi connectivity index (χ0) is 12.8. The molecule has 1 aromatic carbocycles. The predicted molar refractivity (Wildman–Crippen MR) is 75.6 cm³/mol. The van der Waals surface area contributed by atoms with Crippen molar-refractivity contribution in [2.45, 2.75) is 26.7 Å². The maximum absolute atomic E-state index is 11.8. The van der Waals surface area contributed by atoms with E-state index in [9.17, 15) is 4.79 Å². The maximum atomic E-state index is 11.8. The van der Waals surface area contributed by atoms with Gasteiger partial charge in [-0.15, -0.1) is 0 Å². The number of rotatable bonds is 5. The van der Waals surface area contributed by atoms with Gasteiger partial charge in [0, 0.05) is 11.0 Å². The molecule has 0 aromatic heterocycles. The Bertz CT molecular complexity index is 393. The molecule has 17 heavy (non-hydrogen) atoms. The number of carbonyl (C=O) groups excluding carboxylic acids is 1. The molecule has 0 fully saturated rings. The Balaban J connectivity index is 2.50. The summed E-state index contributed by atoms with van der Waals surface area (Å²) in [7, 11) is 0. The summed E-state index contributed by atoms with van der Waals surface area (Å²) in [6.45, 7) is 5.04. The average Bonchev–Trinajstić information content (AvgIpc) is 2.27. The van der Waals surface area contributed by atoms with E-state index < -0.39 is 0 Å². The predicted octanol–water partition coefficient (Wildman–Crippen LogP) is 4.27. The molecule has 0 bridgehead atoms. The molecule has 4 heteroatoms. The van der Waals surface area contributed by atoms with Gasteiger partial charge < -0.3 is 5.32 Å². The third kappa shape index (κ3) is 4.68. The van der Waals surface area contributed by atoms with Crippen molar-refractivity contribution in [2.24, 2.45) is 5.92 Å². The van der Waals surface area contributed by atoms with Crippen molar-refractivity contribution in [1.82, 2.24) is 5.32 Å². The SMILES string of the molecule is CC(C)CCCNC(=O)c1cccc(Br)c1Cl. The van der Waals surface area contributed by atoms with E-state index in [1.807, 2.05) is 6.07 Å². The van der Waals surface area contributed by atoms with Gasteiger partial charge in [0.1, 0.15) is 0 Å². The molecule has 1 rings (SSSR count). The number of hydrogen-bond donors (Lipinski definition) is 1. The highest BCUT2D eigenvalue weighted by molar-refractivity contribution is 9.10. The summed E-state index contributed by atoms with van der Waals surface area (Å²) in [5.74, 6) is 0.557. The van der Waals surface area contributed by atoms with E-state index >= 15 is 0 Å². The highest BCUT2D eigenvalue weighted by Gasteiger charge is 2.11. The first kappa shape index (κ1) is 14.5. The molecule has 0 radical (unpaired) electrons. The van der Waals surface area contributed by atoms with Crippen LogP contribution in [0.25, 0.3) is 0 Å². The fourth-order valence-corrected chi connectivity index (χ4v) is 2.06. The Morgan fingerprint density at radius 3 is 2.82 bits per heavy atom. The summed E-state index contributed by atoms with van der Waals surface area (Å²) < 4.78 is 0.744. The van der Waals surface area contributed by atoms with Gasteiger partial charge in [0.2, 0.25) is 0 Å². The maximum Gasteiger partial charge on any atom is 0.252 e. The first-order valence-corrected chi connectivity index (χ1v) is 6.91. The van der Waals surface area contributed by atoms with Crippen LogP contribution in [-0.4, -0.2) is 12.5 Å². The van der Waals surface area contributed by atoms with Crippen molar-refractivity contribution in [1.29, 1.82) is 0 Å². The number of nitrogens with one attached hydrogen (secondary N) is 1. The molecular weight excluding hydrogens is 302 g/mol. The molecule has 0 unspecified atom stereocenters. The molecule has 0 atom stereocenters. The monoisotopic (exact) mass is 317 g/mol. The van der Waals surface area contributed by atoms with Crippen molar-refractivity contribution < 1.29 is 4.79 Å². The third-order valence-electron chi connectivity index (χ3n) is 2.44. The second kappa shape index (κ2) is 7.02. The van der Waals surface area contributed by atoms with Crippen molar-refractivity contribution >= 4 is 33.4 Å². The van der Waals surface area contributed by atoms with Crippen molar-refractivity contribution in [3.05, 3.63) is 33.3 Å². The fourth-order valence-electron chi connectivity index (χ4n) is 1.49. The van der Waals surface area contributed by atoms with E-state index in [0.29, 0.717) is 23.0 Å². The Morgan fingerprint density at radius 2 is 2.18 bits per heavy atom. The number of amides is 1. The standard InChI is InChI=1S/C13H17BrClNO/c1-9(2)5-4-8-16-13(17)10-6-3-7-11(14)12(10)15/h3,6-7,9H,4-5,8H2,1-2H3,(H,16,17). The topological polar surface area (TPSA) is 29.1 Å². The summed E-state index contributed by atoms with van der Waals surface area (Å²) in [6, 6.07) is 5.35. The number of halogens is 2. The molecular formula is C13H17BrClNO. The van der Waals surface area contributed by atoms with Crippen LogP contribution in [0.1, 0.15) is 37.0 Å². The fraction of sp³-hybridized carbons (Fsp3) is 0.462. The quantitative estimate of drug-likeness (QED) is 0.807. The van der Waals surface area contributed by atoms with E-state index in [4.69, 9.17) is 11.6 Å². The third-order valence-corrected chi connectivity index (χ3v) is 3.74. The molecule has 1 aromatic rings. The molecule has 1 N–H and O–H groups in total. The van der Waals surface area contributed by atoms with Gasteiger partial charge in [-0.05, 0) is 46.8 Å². The summed E-state index contributed by atoms with van der Waals surface area (Å²) in [4.78, 5) is 11.8. The molecule has 2 nitrogen and oxygen atoms in total. The lowest BCUT2D eigenvalue weighted by Crippen LogP contribution is -2.25. The van der Waals surface area contributed by atoms with Crippen molar-refractivity contribution in [3.8, 4) is 0 Å². The molecule has 94 valence electrons. The Kier molecular flexibility index (Phi) is 6.00. The van der Waals surface area contributed by atoms with Gasteiger partial charge in [0.25, 0.3) is 5.91 Å². The second-order valence-electron chi connectivity index (χ2n) is 4.39. The molecule has 0 aliphatic rings. The summed E-state index contributed by atoms with van der Waals surface area (Å²) >= 11 is 9.35. The van der Waals surface area contributed by atoms with Crippen LogP contribution in [0.5, 0.6) is 0 Å². The van der Waals surface area contributed by atoms with Crippen LogP contribution in [-0.2, 0) is 0 Å². The van der Waals surface area contributed by atoms with Gasteiger partial charge in [-0.1, -0.05) is 31.5 Å². The minimum atomic E-state index is -0.111. The summed E-state index contributed by atoms with van der Waals surface area (Å²) in [5, 5.41) is 3.34. The lowest BCUT2D eigenvalue weighted by Gasteiger charge is -2.08. The van der Waals surface area contributed by atoms with Crippen molar-refractivity contribution in [3.63, 3.8) is 0 Å². The Hall–Kier alpha value is -0.540. The van der Waals surface area contributed by atoms with Gasteiger partial charge in [0.05, 0.1) is 10.6 Å². The van der Waals surface area contributed by atoms with Crippen LogP contribution in [0.2, 0.25) is 5.02 Å². The van der Waals surface area contributed by atoms with Gasteiger partial charge in [-0.2, -0.15) is 0 Å². The molecule has 0 saturated heterocycles. The van der Waals surface area contributed by atoms with Crippen LogP contribution < -0.4 is 5.32 Å². The van der Waals surface area contributed by atoms with Gasteiger partial charge >= 0.3 is 0 Å². The normalized spacial score (nSPS) is 10.6. The smallest absolute Gasteiger partial charge is 0.252 e. The first-order valence-electron chi connectivity index (χ1n) is 5.74. The van der Waals surface area contributed by atoms with Crippen LogP contribution in [0.4, 0.5) is 0 Å². The van der Waals surface area contributed by atoms with Crippen LogP contribution in [0.3, 0.4) is 0 Å². The second-order valence-corrected chi connectivity index (χ2v) is 5.63. The molecule has 0 heterocycles. The Labute approximate surface area is 116 Å². The van der Waals surface area contributed by atoms with Crippen LogP contribution >= 0.6 is 27.5 Å². The average molecular weight is 319 g/mol. The molecule has 0 aliphatic carbocycles. The number of hydrogen-bond acceptors (Lipinski definition) is 1. The zero-order valence-electron chi connectivity index (χ0n) is 10.1. The Morgan fingerprint density at radius 1 is 1.47 bits per heavy atom. The van der Waals surface area contributed by atoms with Crippen LogP contribution in [0.15, 0.2) is 22.7 Å².